The molecule has 0 saturated carbocycles. The molecule has 0 amide bonds. The fraction of sp³-hybridized carbons (Fsp3) is 0.769. The summed E-state index contributed by atoms with van der Waals surface area (Å²) in [6.45, 7) is 3.79. The van der Waals surface area contributed by atoms with Crippen molar-refractivity contribution in [1.82, 2.24) is 0 Å². The van der Waals surface area contributed by atoms with Gasteiger partial charge in [-0.25, -0.2) is 0 Å². The van der Waals surface area contributed by atoms with Crippen molar-refractivity contribution in [3.05, 3.63) is 0 Å². The minimum atomic E-state index is -1.15. The van der Waals surface area contributed by atoms with Crippen molar-refractivity contribution in [3.63, 3.8) is 0 Å². The fourth-order valence-electron chi connectivity index (χ4n) is 1.97. The molecule has 0 radical (unpaired) electrons. The van der Waals surface area contributed by atoms with Gasteiger partial charge in [-0.15, -0.1) is 0 Å². The number of hydrogen-bond donors (Lipinski definition) is 0. The second kappa shape index (κ2) is 8.79. The van der Waals surface area contributed by atoms with Gasteiger partial charge in [-0.2, -0.15) is 0 Å². The summed E-state index contributed by atoms with van der Waals surface area (Å²) in [6.07, 6.45) is -2.14. The van der Waals surface area contributed by atoms with Crippen LogP contribution in [-0.2, 0) is 33.3 Å². The number of carbonyl (C=O) groups excluding carboxylic acids is 3. The maximum atomic E-state index is 11.3. The monoisotopic (exact) mass is 396 g/mol. The van der Waals surface area contributed by atoms with E-state index in [1.165, 1.54) is 20.8 Å². The zero-order chi connectivity index (χ0) is 16.9. The van der Waals surface area contributed by atoms with Crippen LogP contribution in [0.4, 0.5) is 0 Å². The zero-order valence-electron chi connectivity index (χ0n) is 13.2. The molecule has 0 N–H and O–H groups in total. The molecule has 4 atom stereocenters. The Labute approximate surface area is 137 Å². The number of ether oxygens (including phenoxy) is 4. The summed E-state index contributed by atoms with van der Waals surface area (Å²) in [5.41, 5.74) is 3.81. The molecule has 1 saturated heterocycles. The van der Waals surface area contributed by atoms with Crippen LogP contribution in [0, 0.1) is 0 Å². The van der Waals surface area contributed by atoms with Crippen molar-refractivity contribution < 1.29 is 33.3 Å². The molecule has 7 nitrogen and oxygen atoms in total. The van der Waals surface area contributed by atoms with E-state index in [0.717, 1.165) is 0 Å². The Bertz CT molecular complexity index is 429. The van der Waals surface area contributed by atoms with Gasteiger partial charge in [0.05, 0.1) is 0 Å². The summed E-state index contributed by atoms with van der Waals surface area (Å²) in [4.78, 5) is 33.6. The molecule has 1 rings (SSSR count). The predicted molar refractivity (Wildman–Crippen MR) is 81.5 cm³/mol. The van der Waals surface area contributed by atoms with Gasteiger partial charge in [0, 0.05) is 0 Å². The molecule has 0 bridgehead atoms. The van der Waals surface area contributed by atoms with Gasteiger partial charge in [-0.1, -0.05) is 0 Å². The Morgan fingerprint density at radius 1 is 1.00 bits per heavy atom. The Balaban J connectivity index is 2.92. The Morgan fingerprint density at radius 2 is 1.55 bits per heavy atom. The molecule has 22 heavy (non-hydrogen) atoms. The van der Waals surface area contributed by atoms with Crippen LogP contribution in [0.15, 0.2) is 0 Å². The molecule has 126 valence electrons. The Kier molecular flexibility index (Phi) is 7.72. The van der Waals surface area contributed by atoms with Gasteiger partial charge in [-0.05, 0) is 0 Å². The van der Waals surface area contributed by atoms with Crippen LogP contribution < -0.4 is 0 Å². The van der Waals surface area contributed by atoms with Gasteiger partial charge >= 0.3 is 137 Å². The molecule has 4 unspecified atom stereocenters. The topological polar surface area (TPSA) is 88.1 Å². The number of esters is 3. The van der Waals surface area contributed by atoms with E-state index in [2.05, 4.69) is 11.4 Å². The van der Waals surface area contributed by atoms with E-state index in [9.17, 15) is 14.4 Å². The van der Waals surface area contributed by atoms with E-state index in [0.29, 0.717) is 0 Å². The standard InChI is InChI=1S/C13H21AsO7S/c1-7(15)18-6-10-11(19-8(2)16)12(20-9(3)17)13(21-10)22-14(4)5/h10-13H,6H2,1-5H3. The quantitative estimate of drug-likeness (QED) is 0.375. The fourth-order valence-corrected chi connectivity index (χ4v) is 6.59. The van der Waals surface area contributed by atoms with Crippen molar-refractivity contribution >= 4 is 41.4 Å². The third-order valence-corrected chi connectivity index (χ3v) is 7.61. The molecule has 1 fully saturated rings. The summed E-state index contributed by atoms with van der Waals surface area (Å²) >= 11 is -1.15. The Morgan fingerprint density at radius 3 is 2.00 bits per heavy atom. The average molecular weight is 396 g/mol. The second-order valence-electron chi connectivity index (χ2n) is 4.91. The molecule has 9 heteroatoms. The molecule has 0 aromatic carbocycles. The second-order valence-corrected chi connectivity index (χ2v) is 14.1. The van der Waals surface area contributed by atoms with Crippen LogP contribution in [0.3, 0.4) is 0 Å². The molecule has 0 spiro atoms. The third kappa shape index (κ3) is 6.18. The molecule has 1 aliphatic rings. The van der Waals surface area contributed by atoms with E-state index in [-0.39, 0.29) is 6.61 Å². The van der Waals surface area contributed by atoms with Crippen LogP contribution >= 0.6 is 10.0 Å². The van der Waals surface area contributed by atoms with Crippen LogP contribution in [0.25, 0.3) is 0 Å². The molecule has 0 aliphatic carbocycles. The van der Waals surface area contributed by atoms with Crippen molar-refractivity contribution in [2.75, 3.05) is 6.61 Å². The first-order chi connectivity index (χ1) is 10.2. The summed E-state index contributed by atoms with van der Waals surface area (Å²) in [6, 6.07) is 0. The van der Waals surface area contributed by atoms with Crippen LogP contribution in [0.5, 0.6) is 0 Å². The Hall–Kier alpha value is -0.722. The summed E-state index contributed by atoms with van der Waals surface area (Å²) in [7, 11) is 1.60. The molecular formula is C13H21AsO7S. The minimum absolute atomic E-state index is 0.0530. The first-order valence-electron chi connectivity index (χ1n) is 6.68. The first kappa shape index (κ1) is 19.3. The van der Waals surface area contributed by atoms with Crippen molar-refractivity contribution in [2.45, 2.75) is 55.9 Å². The van der Waals surface area contributed by atoms with Crippen LogP contribution in [-0.4, -0.2) is 61.8 Å². The molecule has 1 heterocycles. The number of rotatable bonds is 6. The third-order valence-electron chi connectivity index (χ3n) is 2.64. The SMILES string of the molecule is CC(=O)OCC1OC(S[As](C)C)C(OC(C)=O)C1OC(C)=O. The van der Waals surface area contributed by atoms with Gasteiger partial charge in [0.1, 0.15) is 0 Å². The van der Waals surface area contributed by atoms with E-state index >= 15 is 0 Å². The van der Waals surface area contributed by atoms with Gasteiger partial charge < -0.3 is 0 Å². The van der Waals surface area contributed by atoms with Crippen LogP contribution in [0.2, 0.25) is 11.4 Å². The van der Waals surface area contributed by atoms with Gasteiger partial charge in [0.15, 0.2) is 0 Å². The van der Waals surface area contributed by atoms with Crippen molar-refractivity contribution in [3.8, 4) is 0 Å². The maximum absolute atomic E-state index is 11.3. The molecular weight excluding hydrogens is 375 g/mol. The van der Waals surface area contributed by atoms with Gasteiger partial charge in [0.25, 0.3) is 0 Å². The van der Waals surface area contributed by atoms with Gasteiger partial charge in [-0.3, -0.25) is 0 Å². The normalized spacial score (nSPS) is 27.5. The van der Waals surface area contributed by atoms with E-state index in [1.54, 1.807) is 10.0 Å². The predicted octanol–water partition coefficient (Wildman–Crippen LogP) is 1.12. The summed E-state index contributed by atoms with van der Waals surface area (Å²) in [5.74, 6) is -1.44. The molecule has 1 aliphatic heterocycles. The van der Waals surface area contributed by atoms with E-state index in [1.807, 2.05) is 0 Å². The van der Waals surface area contributed by atoms with Gasteiger partial charge in [0.2, 0.25) is 0 Å². The van der Waals surface area contributed by atoms with Crippen molar-refractivity contribution in [2.24, 2.45) is 0 Å². The van der Waals surface area contributed by atoms with E-state index in [4.69, 9.17) is 18.9 Å². The van der Waals surface area contributed by atoms with E-state index < -0.39 is 55.2 Å². The number of carbonyl (C=O) groups is 3. The van der Waals surface area contributed by atoms with Crippen LogP contribution in [0.1, 0.15) is 20.8 Å². The zero-order valence-corrected chi connectivity index (χ0v) is 15.9. The first-order valence-corrected chi connectivity index (χ1v) is 13.6. The molecule has 0 aromatic heterocycles. The van der Waals surface area contributed by atoms with Crippen molar-refractivity contribution in [1.29, 1.82) is 0 Å². The average Bonchev–Trinajstić information content (AvgIpc) is 2.63. The summed E-state index contributed by atoms with van der Waals surface area (Å²) < 4.78 is 21.3. The number of hydrogen-bond acceptors (Lipinski definition) is 8. The summed E-state index contributed by atoms with van der Waals surface area (Å²) in [5, 5.41) is 0. The molecule has 0 aromatic rings.